The molecule has 104 valence electrons. The van der Waals surface area contributed by atoms with Gasteiger partial charge in [-0.1, -0.05) is 12.8 Å². The molecule has 1 saturated carbocycles. The largest absolute Gasteiger partial charge is 0.461 e. The molecule has 2 aliphatic rings. The SMILES string of the molecule is CC(C(=O)OC1CCCCCC1)N1CCNCC1. The summed E-state index contributed by atoms with van der Waals surface area (Å²) in [5.41, 5.74) is 0. The molecule has 1 heterocycles. The highest BCUT2D eigenvalue weighted by molar-refractivity contribution is 5.75. The molecule has 4 nitrogen and oxygen atoms in total. The van der Waals surface area contributed by atoms with Crippen LogP contribution < -0.4 is 5.32 Å². The van der Waals surface area contributed by atoms with Crippen molar-refractivity contribution in [1.82, 2.24) is 10.2 Å². The number of carbonyl (C=O) groups excluding carboxylic acids is 1. The summed E-state index contributed by atoms with van der Waals surface area (Å²) in [4.78, 5) is 14.4. The van der Waals surface area contributed by atoms with Gasteiger partial charge in [-0.3, -0.25) is 9.69 Å². The van der Waals surface area contributed by atoms with Gasteiger partial charge in [-0.15, -0.1) is 0 Å². The fourth-order valence-electron chi connectivity index (χ4n) is 2.84. The van der Waals surface area contributed by atoms with E-state index < -0.39 is 0 Å². The minimum Gasteiger partial charge on any atom is -0.461 e. The first kappa shape index (κ1) is 13.8. The molecule has 1 saturated heterocycles. The summed E-state index contributed by atoms with van der Waals surface area (Å²) in [5, 5.41) is 3.30. The molecule has 0 aromatic rings. The van der Waals surface area contributed by atoms with Gasteiger partial charge in [-0.05, 0) is 32.6 Å². The molecule has 2 rings (SSSR count). The number of esters is 1. The number of nitrogens with one attached hydrogen (secondary N) is 1. The molecular weight excluding hydrogens is 228 g/mol. The number of rotatable bonds is 3. The molecule has 18 heavy (non-hydrogen) atoms. The van der Waals surface area contributed by atoms with E-state index in [4.69, 9.17) is 4.74 Å². The number of carbonyl (C=O) groups is 1. The van der Waals surface area contributed by atoms with Gasteiger partial charge in [-0.2, -0.15) is 0 Å². The highest BCUT2D eigenvalue weighted by Crippen LogP contribution is 2.20. The average molecular weight is 254 g/mol. The summed E-state index contributed by atoms with van der Waals surface area (Å²) in [6.45, 7) is 5.81. The summed E-state index contributed by atoms with van der Waals surface area (Å²) in [6, 6.07) is -0.0876. The highest BCUT2D eigenvalue weighted by atomic mass is 16.5. The van der Waals surface area contributed by atoms with Crippen LogP contribution in [0.15, 0.2) is 0 Å². The number of nitrogens with zero attached hydrogens (tertiary/aromatic N) is 1. The molecule has 0 aromatic carbocycles. The lowest BCUT2D eigenvalue weighted by molar-refractivity contribution is -0.155. The zero-order chi connectivity index (χ0) is 12.8. The van der Waals surface area contributed by atoms with E-state index in [-0.39, 0.29) is 18.1 Å². The van der Waals surface area contributed by atoms with Gasteiger partial charge in [0.05, 0.1) is 0 Å². The van der Waals surface area contributed by atoms with E-state index in [2.05, 4.69) is 10.2 Å². The molecule has 1 aliphatic carbocycles. The maximum atomic E-state index is 12.1. The Morgan fingerprint density at radius 1 is 1.17 bits per heavy atom. The van der Waals surface area contributed by atoms with Gasteiger partial charge >= 0.3 is 5.97 Å². The van der Waals surface area contributed by atoms with Crippen LogP contribution in [0.4, 0.5) is 0 Å². The highest BCUT2D eigenvalue weighted by Gasteiger charge is 2.26. The van der Waals surface area contributed by atoms with Crippen LogP contribution in [0.1, 0.15) is 45.4 Å². The van der Waals surface area contributed by atoms with Crippen LogP contribution >= 0.6 is 0 Å². The molecule has 1 N–H and O–H groups in total. The Labute approximate surface area is 110 Å². The Bertz CT molecular complexity index is 257. The van der Waals surface area contributed by atoms with Crippen molar-refractivity contribution in [2.24, 2.45) is 0 Å². The maximum absolute atomic E-state index is 12.1. The van der Waals surface area contributed by atoms with Crippen molar-refractivity contribution >= 4 is 5.97 Å². The zero-order valence-corrected chi connectivity index (χ0v) is 11.5. The smallest absolute Gasteiger partial charge is 0.323 e. The minimum atomic E-state index is -0.0876. The van der Waals surface area contributed by atoms with Crippen molar-refractivity contribution in [1.29, 1.82) is 0 Å². The van der Waals surface area contributed by atoms with Gasteiger partial charge in [-0.25, -0.2) is 0 Å². The first-order valence-electron chi connectivity index (χ1n) is 7.42. The second-order valence-corrected chi connectivity index (χ2v) is 5.51. The number of hydrogen-bond donors (Lipinski definition) is 1. The number of piperazine rings is 1. The Balaban J connectivity index is 1.78. The summed E-state index contributed by atoms with van der Waals surface area (Å²) in [5.74, 6) is -0.0243. The molecule has 0 amide bonds. The molecule has 2 fully saturated rings. The van der Waals surface area contributed by atoms with Gasteiger partial charge in [0.25, 0.3) is 0 Å². The molecule has 0 radical (unpaired) electrons. The van der Waals surface area contributed by atoms with Crippen LogP contribution in [0.3, 0.4) is 0 Å². The third-order valence-electron chi connectivity index (χ3n) is 4.13. The molecule has 1 aliphatic heterocycles. The number of hydrogen-bond acceptors (Lipinski definition) is 4. The summed E-state index contributed by atoms with van der Waals surface area (Å²) in [7, 11) is 0. The Kier molecular flexibility index (Phi) is 5.45. The molecule has 0 aromatic heterocycles. The Morgan fingerprint density at radius 3 is 2.39 bits per heavy atom. The van der Waals surface area contributed by atoms with Crippen LogP contribution in [0.25, 0.3) is 0 Å². The van der Waals surface area contributed by atoms with Crippen LogP contribution in [-0.2, 0) is 9.53 Å². The standard InChI is InChI=1S/C14H26N2O2/c1-12(16-10-8-15-9-11-16)14(17)18-13-6-4-2-3-5-7-13/h12-13,15H,2-11H2,1H3. The van der Waals surface area contributed by atoms with Crippen LogP contribution in [0, 0.1) is 0 Å². The topological polar surface area (TPSA) is 41.6 Å². The lowest BCUT2D eigenvalue weighted by Gasteiger charge is -2.32. The van der Waals surface area contributed by atoms with E-state index in [1.54, 1.807) is 0 Å². The van der Waals surface area contributed by atoms with Crippen LogP contribution in [-0.4, -0.2) is 49.2 Å². The van der Waals surface area contributed by atoms with E-state index in [0.29, 0.717) is 0 Å². The third-order valence-corrected chi connectivity index (χ3v) is 4.13. The zero-order valence-electron chi connectivity index (χ0n) is 11.5. The second-order valence-electron chi connectivity index (χ2n) is 5.51. The van der Waals surface area contributed by atoms with Crippen LogP contribution in [0.2, 0.25) is 0 Å². The van der Waals surface area contributed by atoms with Crippen molar-refractivity contribution in [3.63, 3.8) is 0 Å². The van der Waals surface area contributed by atoms with E-state index >= 15 is 0 Å². The Morgan fingerprint density at radius 2 is 1.78 bits per heavy atom. The molecule has 1 unspecified atom stereocenters. The van der Waals surface area contributed by atoms with E-state index in [1.165, 1.54) is 25.7 Å². The fourth-order valence-corrected chi connectivity index (χ4v) is 2.84. The van der Waals surface area contributed by atoms with Gasteiger partial charge < -0.3 is 10.1 Å². The van der Waals surface area contributed by atoms with Crippen molar-refractivity contribution in [3.8, 4) is 0 Å². The monoisotopic (exact) mass is 254 g/mol. The van der Waals surface area contributed by atoms with Gasteiger partial charge in [0.2, 0.25) is 0 Å². The fraction of sp³-hybridized carbons (Fsp3) is 0.929. The normalized spacial score (nSPS) is 25.4. The predicted molar refractivity (Wildman–Crippen MR) is 71.5 cm³/mol. The first-order valence-corrected chi connectivity index (χ1v) is 7.42. The summed E-state index contributed by atoms with van der Waals surface area (Å²) >= 11 is 0. The van der Waals surface area contributed by atoms with Crippen molar-refractivity contribution in [3.05, 3.63) is 0 Å². The summed E-state index contributed by atoms with van der Waals surface area (Å²) in [6.07, 6.45) is 7.29. The van der Waals surface area contributed by atoms with Crippen molar-refractivity contribution in [2.75, 3.05) is 26.2 Å². The predicted octanol–water partition coefficient (Wildman–Crippen LogP) is 1.55. The third kappa shape index (κ3) is 3.95. The van der Waals surface area contributed by atoms with Gasteiger partial charge in [0, 0.05) is 26.2 Å². The quantitative estimate of drug-likeness (QED) is 0.613. The molecule has 1 atom stereocenters. The minimum absolute atomic E-state index is 0.0243. The lowest BCUT2D eigenvalue weighted by Crippen LogP contribution is -2.50. The van der Waals surface area contributed by atoms with Crippen molar-refractivity contribution in [2.45, 2.75) is 57.6 Å². The van der Waals surface area contributed by atoms with Crippen LogP contribution in [0.5, 0.6) is 0 Å². The summed E-state index contributed by atoms with van der Waals surface area (Å²) < 4.78 is 5.69. The van der Waals surface area contributed by atoms with Gasteiger partial charge in [0.1, 0.15) is 12.1 Å². The van der Waals surface area contributed by atoms with Crippen molar-refractivity contribution < 1.29 is 9.53 Å². The average Bonchev–Trinajstić information content (AvgIpc) is 2.67. The molecule has 0 spiro atoms. The lowest BCUT2D eigenvalue weighted by atomic mass is 10.1. The Hall–Kier alpha value is -0.610. The molecular formula is C14H26N2O2. The van der Waals surface area contributed by atoms with Gasteiger partial charge in [0.15, 0.2) is 0 Å². The first-order chi connectivity index (χ1) is 8.77. The number of ether oxygens (including phenoxy) is 1. The van der Waals surface area contributed by atoms with E-state index in [9.17, 15) is 4.79 Å². The van der Waals surface area contributed by atoms with E-state index in [0.717, 1.165) is 39.0 Å². The molecule has 4 heteroatoms. The maximum Gasteiger partial charge on any atom is 0.323 e. The van der Waals surface area contributed by atoms with E-state index in [1.807, 2.05) is 6.92 Å². The second kappa shape index (κ2) is 7.10. The molecule has 0 bridgehead atoms.